The highest BCUT2D eigenvalue weighted by molar-refractivity contribution is 5.28. The summed E-state index contributed by atoms with van der Waals surface area (Å²) in [4.78, 5) is 2.57. The number of hydrogen-bond acceptors (Lipinski definition) is 3. The number of fused-ring (bicyclic) bond motifs is 1. The smallest absolute Gasteiger partial charge is 0.0630 e. The van der Waals surface area contributed by atoms with E-state index in [1.54, 1.807) is 7.11 Å². The topological polar surface area (TPSA) is 24.5 Å². The van der Waals surface area contributed by atoms with E-state index < -0.39 is 0 Å². The van der Waals surface area contributed by atoms with Crippen molar-refractivity contribution in [3.8, 4) is 0 Å². The molecule has 0 saturated carbocycles. The Morgan fingerprint density at radius 3 is 2.70 bits per heavy atom. The molecule has 1 aromatic carbocycles. The van der Waals surface area contributed by atoms with Crippen LogP contribution in [0, 0.1) is 0 Å². The Kier molecular flexibility index (Phi) is 6.02. The molecule has 1 aliphatic rings. The molecule has 0 spiro atoms. The number of rotatable bonds is 6. The third-order valence-corrected chi connectivity index (χ3v) is 4.02. The molecule has 0 radical (unpaired) electrons. The van der Waals surface area contributed by atoms with Crippen LogP contribution in [-0.2, 0) is 17.7 Å². The first-order chi connectivity index (χ1) is 9.70. The Bertz CT molecular complexity index is 406. The van der Waals surface area contributed by atoms with Crippen LogP contribution in [0.25, 0.3) is 0 Å². The average molecular weight is 276 g/mol. The highest BCUT2D eigenvalue weighted by atomic mass is 16.5. The summed E-state index contributed by atoms with van der Waals surface area (Å²) in [5.41, 5.74) is 3.00. The van der Waals surface area contributed by atoms with Crippen molar-refractivity contribution in [3.63, 3.8) is 0 Å². The van der Waals surface area contributed by atoms with E-state index in [-0.39, 0.29) is 0 Å². The van der Waals surface area contributed by atoms with Gasteiger partial charge in [-0.05, 0) is 30.5 Å². The molecule has 0 aromatic heterocycles. The summed E-state index contributed by atoms with van der Waals surface area (Å²) in [5, 5.41) is 3.55. The summed E-state index contributed by atoms with van der Waals surface area (Å²) < 4.78 is 5.44. The van der Waals surface area contributed by atoms with Gasteiger partial charge in [0.2, 0.25) is 0 Å². The number of methoxy groups -OCH3 is 1. The third kappa shape index (κ3) is 4.30. The fourth-order valence-electron chi connectivity index (χ4n) is 2.90. The summed E-state index contributed by atoms with van der Waals surface area (Å²) >= 11 is 0. The van der Waals surface area contributed by atoms with Crippen LogP contribution >= 0.6 is 0 Å². The molecule has 0 amide bonds. The number of aryl methyl sites for hydroxylation is 1. The van der Waals surface area contributed by atoms with Crippen LogP contribution in [0.1, 0.15) is 31.4 Å². The molecule has 112 valence electrons. The van der Waals surface area contributed by atoms with E-state index >= 15 is 0 Å². The zero-order chi connectivity index (χ0) is 14.4. The Balaban J connectivity index is 2.05. The molecular weight excluding hydrogens is 248 g/mol. The minimum Gasteiger partial charge on any atom is -0.383 e. The molecule has 0 fully saturated rings. The quantitative estimate of drug-likeness (QED) is 0.864. The van der Waals surface area contributed by atoms with Gasteiger partial charge in [-0.15, -0.1) is 0 Å². The molecule has 1 atom stereocenters. The van der Waals surface area contributed by atoms with E-state index in [1.165, 1.54) is 24.0 Å². The van der Waals surface area contributed by atoms with Gasteiger partial charge in [0.1, 0.15) is 0 Å². The predicted molar refractivity (Wildman–Crippen MR) is 84.0 cm³/mol. The summed E-state index contributed by atoms with van der Waals surface area (Å²) in [6.45, 7) is 8.38. The second kappa shape index (κ2) is 7.77. The molecule has 3 heteroatoms. The van der Waals surface area contributed by atoms with Crippen LogP contribution in [0.15, 0.2) is 24.3 Å². The van der Waals surface area contributed by atoms with Crippen LogP contribution in [0.3, 0.4) is 0 Å². The standard InChI is InChI=1S/C17H28N2O/c1-14(2)18-11-17(13-20-3)19-10-6-9-15-7-4-5-8-16(15)12-19/h4-5,7-8,14,17-18H,6,9-13H2,1-3H3. The lowest BCUT2D eigenvalue weighted by Gasteiger charge is -2.31. The summed E-state index contributed by atoms with van der Waals surface area (Å²) in [6.07, 6.45) is 2.43. The zero-order valence-electron chi connectivity index (χ0n) is 13.1. The van der Waals surface area contributed by atoms with Crippen molar-refractivity contribution in [1.82, 2.24) is 10.2 Å². The van der Waals surface area contributed by atoms with Crippen LogP contribution in [0.4, 0.5) is 0 Å². The van der Waals surface area contributed by atoms with Gasteiger partial charge in [0, 0.05) is 32.3 Å². The number of nitrogens with zero attached hydrogens (tertiary/aromatic N) is 1. The predicted octanol–water partition coefficient (Wildman–Crippen LogP) is 2.45. The van der Waals surface area contributed by atoms with E-state index in [4.69, 9.17) is 4.74 Å². The van der Waals surface area contributed by atoms with Gasteiger partial charge in [0.25, 0.3) is 0 Å². The van der Waals surface area contributed by atoms with Gasteiger partial charge in [-0.1, -0.05) is 38.1 Å². The van der Waals surface area contributed by atoms with Crippen molar-refractivity contribution in [2.24, 2.45) is 0 Å². The molecule has 20 heavy (non-hydrogen) atoms. The molecule has 1 N–H and O–H groups in total. The second-order valence-corrected chi connectivity index (χ2v) is 6.01. The van der Waals surface area contributed by atoms with Crippen LogP contribution in [0.2, 0.25) is 0 Å². The van der Waals surface area contributed by atoms with E-state index in [9.17, 15) is 0 Å². The maximum atomic E-state index is 5.44. The Hall–Kier alpha value is -0.900. The Morgan fingerprint density at radius 2 is 2.00 bits per heavy atom. The number of ether oxygens (including phenoxy) is 1. The first kappa shape index (κ1) is 15.5. The summed E-state index contributed by atoms with van der Waals surface area (Å²) in [6, 6.07) is 9.83. The Morgan fingerprint density at radius 1 is 1.25 bits per heavy atom. The molecule has 3 nitrogen and oxygen atoms in total. The third-order valence-electron chi connectivity index (χ3n) is 4.02. The molecule has 2 rings (SSSR count). The molecule has 1 heterocycles. The van der Waals surface area contributed by atoms with Crippen LogP contribution < -0.4 is 5.32 Å². The van der Waals surface area contributed by atoms with Crippen LogP contribution in [0.5, 0.6) is 0 Å². The van der Waals surface area contributed by atoms with Crippen molar-refractivity contribution < 1.29 is 4.74 Å². The lowest BCUT2D eigenvalue weighted by molar-refractivity contribution is 0.0840. The largest absolute Gasteiger partial charge is 0.383 e. The second-order valence-electron chi connectivity index (χ2n) is 6.01. The van der Waals surface area contributed by atoms with E-state index in [2.05, 4.69) is 48.3 Å². The molecule has 0 saturated heterocycles. The number of hydrogen-bond donors (Lipinski definition) is 1. The SMILES string of the molecule is COCC(CNC(C)C)N1CCCc2ccccc2C1. The van der Waals surface area contributed by atoms with Gasteiger partial charge < -0.3 is 10.1 Å². The zero-order valence-corrected chi connectivity index (χ0v) is 13.1. The summed E-state index contributed by atoms with van der Waals surface area (Å²) in [5.74, 6) is 0. The number of benzene rings is 1. The number of nitrogens with one attached hydrogen (secondary N) is 1. The van der Waals surface area contributed by atoms with Crippen molar-refractivity contribution in [2.75, 3.05) is 26.8 Å². The van der Waals surface area contributed by atoms with Crippen LogP contribution in [-0.4, -0.2) is 43.8 Å². The fourth-order valence-corrected chi connectivity index (χ4v) is 2.90. The van der Waals surface area contributed by atoms with E-state index in [0.29, 0.717) is 12.1 Å². The molecule has 1 aromatic rings. The molecule has 1 aliphatic heterocycles. The van der Waals surface area contributed by atoms with E-state index in [0.717, 1.165) is 26.2 Å². The van der Waals surface area contributed by atoms with E-state index in [1.807, 2.05) is 0 Å². The van der Waals surface area contributed by atoms with Crippen molar-refractivity contribution in [1.29, 1.82) is 0 Å². The monoisotopic (exact) mass is 276 g/mol. The van der Waals surface area contributed by atoms with Gasteiger partial charge >= 0.3 is 0 Å². The van der Waals surface area contributed by atoms with Gasteiger partial charge in [0.05, 0.1) is 6.61 Å². The molecular formula is C17H28N2O. The maximum absolute atomic E-state index is 5.44. The lowest BCUT2D eigenvalue weighted by atomic mass is 10.0. The minimum atomic E-state index is 0.452. The highest BCUT2D eigenvalue weighted by Gasteiger charge is 2.21. The normalized spacial score (nSPS) is 17.8. The summed E-state index contributed by atoms with van der Waals surface area (Å²) in [7, 11) is 1.80. The first-order valence-corrected chi connectivity index (χ1v) is 7.74. The minimum absolute atomic E-state index is 0.452. The molecule has 0 bridgehead atoms. The highest BCUT2D eigenvalue weighted by Crippen LogP contribution is 2.20. The maximum Gasteiger partial charge on any atom is 0.0630 e. The van der Waals surface area contributed by atoms with Gasteiger partial charge in [-0.3, -0.25) is 4.90 Å². The van der Waals surface area contributed by atoms with Gasteiger partial charge in [-0.2, -0.15) is 0 Å². The molecule has 0 aliphatic carbocycles. The average Bonchev–Trinajstić information content (AvgIpc) is 2.65. The van der Waals surface area contributed by atoms with Crippen molar-refractivity contribution in [2.45, 2.75) is 45.3 Å². The van der Waals surface area contributed by atoms with Gasteiger partial charge in [0.15, 0.2) is 0 Å². The van der Waals surface area contributed by atoms with Crippen molar-refractivity contribution >= 4 is 0 Å². The van der Waals surface area contributed by atoms with Gasteiger partial charge in [-0.25, -0.2) is 0 Å². The lowest BCUT2D eigenvalue weighted by Crippen LogP contribution is -2.46. The van der Waals surface area contributed by atoms with Crippen molar-refractivity contribution in [3.05, 3.63) is 35.4 Å². The fraction of sp³-hybridized carbons (Fsp3) is 0.647. The first-order valence-electron chi connectivity index (χ1n) is 7.74. The Labute approximate surface area is 123 Å². The molecule has 1 unspecified atom stereocenters.